The molecule has 1 saturated heterocycles. The van der Waals surface area contributed by atoms with E-state index in [4.69, 9.17) is 5.11 Å². The van der Waals surface area contributed by atoms with Crippen LogP contribution in [0.5, 0.6) is 0 Å². The molecule has 1 aromatic rings. The van der Waals surface area contributed by atoms with Crippen molar-refractivity contribution in [2.24, 2.45) is 0 Å². The van der Waals surface area contributed by atoms with Crippen LogP contribution >= 0.6 is 0 Å². The van der Waals surface area contributed by atoms with Gasteiger partial charge < -0.3 is 15.7 Å². The number of carbonyl (C=O) groups excluding carboxylic acids is 1. The highest BCUT2D eigenvalue weighted by Gasteiger charge is 2.26. The molecule has 0 unspecified atom stereocenters. The molecule has 1 aliphatic rings. The van der Waals surface area contributed by atoms with Gasteiger partial charge in [0.05, 0.1) is 5.56 Å². The van der Waals surface area contributed by atoms with Crippen molar-refractivity contribution in [1.29, 1.82) is 0 Å². The minimum absolute atomic E-state index is 0.0770. The third-order valence-electron chi connectivity index (χ3n) is 2.77. The Hall–Kier alpha value is -1.88. The Bertz CT molecular complexity index is 442. The fourth-order valence-corrected chi connectivity index (χ4v) is 1.85. The summed E-state index contributed by atoms with van der Waals surface area (Å²) in [5, 5.41) is 14.7. The van der Waals surface area contributed by atoms with Gasteiger partial charge in [0.25, 0.3) is 0 Å². The fraction of sp³-hybridized carbons (Fsp3) is 0.333. The molecule has 1 aromatic carbocycles. The molecule has 3 N–H and O–H groups in total. The molecule has 0 aliphatic carbocycles. The van der Waals surface area contributed by atoms with Crippen LogP contribution in [0.2, 0.25) is 0 Å². The lowest BCUT2D eigenvalue weighted by atomic mass is 10.0. The largest absolute Gasteiger partial charge is 0.478 e. The van der Waals surface area contributed by atoms with Crippen LogP contribution in [0.4, 0.5) is 0 Å². The SMILES string of the molecule is C[C@H]1CN[C@@H](c2ccc(C(=O)O)cc2)C(=O)N1. The molecule has 1 amide bonds. The van der Waals surface area contributed by atoms with E-state index in [0.717, 1.165) is 5.56 Å². The highest BCUT2D eigenvalue weighted by Crippen LogP contribution is 2.16. The number of rotatable bonds is 2. The van der Waals surface area contributed by atoms with Crippen LogP contribution in [0.1, 0.15) is 28.9 Å². The summed E-state index contributed by atoms with van der Waals surface area (Å²) in [5.41, 5.74) is 0.998. The number of hydrogen-bond donors (Lipinski definition) is 3. The van der Waals surface area contributed by atoms with Crippen LogP contribution in [0.25, 0.3) is 0 Å². The molecule has 1 aliphatic heterocycles. The molecule has 5 heteroatoms. The maximum Gasteiger partial charge on any atom is 0.335 e. The first-order valence-corrected chi connectivity index (χ1v) is 5.45. The van der Waals surface area contributed by atoms with Gasteiger partial charge in [-0.25, -0.2) is 4.79 Å². The zero-order valence-electron chi connectivity index (χ0n) is 9.43. The Kier molecular flexibility index (Phi) is 3.10. The summed E-state index contributed by atoms with van der Waals surface area (Å²) in [6.45, 7) is 2.63. The van der Waals surface area contributed by atoms with Gasteiger partial charge in [0.1, 0.15) is 6.04 Å². The standard InChI is InChI=1S/C12H14N2O3/c1-7-6-13-10(11(15)14-7)8-2-4-9(5-3-8)12(16)17/h2-5,7,10,13H,6H2,1H3,(H,14,15)(H,16,17)/t7-,10-/m0/s1. The monoisotopic (exact) mass is 234 g/mol. The maximum absolute atomic E-state index is 11.7. The van der Waals surface area contributed by atoms with Crippen molar-refractivity contribution < 1.29 is 14.7 Å². The summed E-state index contributed by atoms with van der Waals surface area (Å²) in [6.07, 6.45) is 0. The molecule has 0 bridgehead atoms. The van der Waals surface area contributed by atoms with E-state index >= 15 is 0 Å². The molecule has 90 valence electrons. The zero-order valence-corrected chi connectivity index (χ0v) is 9.43. The van der Waals surface area contributed by atoms with Gasteiger partial charge in [-0.15, -0.1) is 0 Å². The Morgan fingerprint density at radius 3 is 2.53 bits per heavy atom. The number of aromatic carboxylic acids is 1. The highest BCUT2D eigenvalue weighted by atomic mass is 16.4. The number of amides is 1. The van der Waals surface area contributed by atoms with Crippen molar-refractivity contribution in [2.75, 3.05) is 6.54 Å². The molecule has 0 aromatic heterocycles. The van der Waals surface area contributed by atoms with Gasteiger partial charge in [0.15, 0.2) is 0 Å². The number of benzene rings is 1. The first-order valence-electron chi connectivity index (χ1n) is 5.45. The lowest BCUT2D eigenvalue weighted by molar-refractivity contribution is -0.125. The third kappa shape index (κ3) is 2.45. The van der Waals surface area contributed by atoms with Gasteiger partial charge in [-0.2, -0.15) is 0 Å². The summed E-state index contributed by atoms with van der Waals surface area (Å²) >= 11 is 0. The summed E-state index contributed by atoms with van der Waals surface area (Å²) in [6, 6.07) is 6.06. The number of carbonyl (C=O) groups is 2. The molecule has 0 spiro atoms. The minimum Gasteiger partial charge on any atom is -0.478 e. The van der Waals surface area contributed by atoms with Crippen LogP contribution in [0.15, 0.2) is 24.3 Å². The first kappa shape index (κ1) is 11.6. The van der Waals surface area contributed by atoms with Crippen molar-refractivity contribution in [3.8, 4) is 0 Å². The van der Waals surface area contributed by atoms with Crippen LogP contribution in [0.3, 0.4) is 0 Å². The van der Waals surface area contributed by atoms with Gasteiger partial charge >= 0.3 is 5.97 Å². The number of piperazine rings is 1. The molecule has 0 saturated carbocycles. The number of carboxylic acids is 1. The molecular weight excluding hydrogens is 220 g/mol. The molecule has 1 fully saturated rings. The Labute approximate surface area is 98.8 Å². The molecule has 0 radical (unpaired) electrons. The lowest BCUT2D eigenvalue weighted by Crippen LogP contribution is -2.52. The Morgan fingerprint density at radius 1 is 1.35 bits per heavy atom. The predicted octanol–water partition coefficient (Wildman–Crippen LogP) is 0.534. The number of hydrogen-bond acceptors (Lipinski definition) is 3. The van der Waals surface area contributed by atoms with Crippen molar-refractivity contribution in [1.82, 2.24) is 10.6 Å². The molecule has 1 heterocycles. The second kappa shape index (κ2) is 4.55. The Morgan fingerprint density at radius 2 is 2.00 bits per heavy atom. The van der Waals surface area contributed by atoms with Gasteiger partial charge in [-0.3, -0.25) is 4.79 Å². The van der Waals surface area contributed by atoms with Crippen LogP contribution < -0.4 is 10.6 Å². The normalized spacial score (nSPS) is 24.2. The minimum atomic E-state index is -0.966. The van der Waals surface area contributed by atoms with Crippen molar-refractivity contribution >= 4 is 11.9 Å². The van der Waals surface area contributed by atoms with Crippen LogP contribution in [-0.2, 0) is 4.79 Å². The zero-order chi connectivity index (χ0) is 12.4. The topological polar surface area (TPSA) is 78.4 Å². The molecule has 2 atom stereocenters. The van der Waals surface area contributed by atoms with E-state index in [0.29, 0.717) is 6.54 Å². The lowest BCUT2D eigenvalue weighted by Gasteiger charge is -2.28. The second-order valence-electron chi connectivity index (χ2n) is 4.18. The quantitative estimate of drug-likeness (QED) is 0.697. The van der Waals surface area contributed by atoms with E-state index in [-0.39, 0.29) is 17.5 Å². The van der Waals surface area contributed by atoms with Crippen molar-refractivity contribution in [3.63, 3.8) is 0 Å². The third-order valence-corrected chi connectivity index (χ3v) is 2.77. The van der Waals surface area contributed by atoms with Gasteiger partial charge in [-0.1, -0.05) is 12.1 Å². The summed E-state index contributed by atoms with van der Waals surface area (Å²) in [5.74, 6) is -1.04. The summed E-state index contributed by atoms with van der Waals surface area (Å²) < 4.78 is 0. The number of carboxylic acid groups (broad SMARTS) is 1. The van der Waals surface area contributed by atoms with E-state index in [1.165, 1.54) is 12.1 Å². The summed E-state index contributed by atoms with van der Waals surface area (Å²) in [7, 11) is 0. The highest BCUT2D eigenvalue weighted by molar-refractivity contribution is 5.88. The second-order valence-corrected chi connectivity index (χ2v) is 4.18. The van der Waals surface area contributed by atoms with Gasteiger partial charge in [-0.05, 0) is 24.6 Å². The molecule has 17 heavy (non-hydrogen) atoms. The molecule has 5 nitrogen and oxygen atoms in total. The first-order chi connectivity index (χ1) is 8.08. The average molecular weight is 234 g/mol. The van der Waals surface area contributed by atoms with E-state index in [9.17, 15) is 9.59 Å². The number of nitrogens with one attached hydrogen (secondary N) is 2. The van der Waals surface area contributed by atoms with Crippen molar-refractivity contribution in [3.05, 3.63) is 35.4 Å². The Balaban J connectivity index is 2.17. The van der Waals surface area contributed by atoms with E-state index in [2.05, 4.69) is 10.6 Å². The van der Waals surface area contributed by atoms with Gasteiger partial charge in [0, 0.05) is 12.6 Å². The van der Waals surface area contributed by atoms with E-state index in [1.54, 1.807) is 12.1 Å². The van der Waals surface area contributed by atoms with E-state index < -0.39 is 12.0 Å². The predicted molar refractivity (Wildman–Crippen MR) is 61.7 cm³/mol. The van der Waals surface area contributed by atoms with Crippen LogP contribution in [0, 0.1) is 0 Å². The van der Waals surface area contributed by atoms with Crippen LogP contribution in [-0.4, -0.2) is 29.6 Å². The fourth-order valence-electron chi connectivity index (χ4n) is 1.85. The average Bonchev–Trinajstić information content (AvgIpc) is 2.29. The maximum atomic E-state index is 11.7. The summed E-state index contributed by atoms with van der Waals surface area (Å²) in [4.78, 5) is 22.4. The van der Waals surface area contributed by atoms with Gasteiger partial charge in [0.2, 0.25) is 5.91 Å². The molecular formula is C12H14N2O3. The smallest absolute Gasteiger partial charge is 0.335 e. The molecule has 2 rings (SSSR count). The van der Waals surface area contributed by atoms with E-state index in [1.807, 2.05) is 6.92 Å². The van der Waals surface area contributed by atoms with Crippen molar-refractivity contribution in [2.45, 2.75) is 19.0 Å².